The topological polar surface area (TPSA) is 113 Å². The minimum absolute atomic E-state index is 0.244. The van der Waals surface area contributed by atoms with Gasteiger partial charge < -0.3 is 14.6 Å². The van der Waals surface area contributed by atoms with Crippen LogP contribution in [0.2, 0.25) is 0 Å². The number of carbonyl (C=O) groups is 1. The van der Waals surface area contributed by atoms with Gasteiger partial charge in [0.05, 0.1) is 0 Å². The molecule has 0 saturated carbocycles. The van der Waals surface area contributed by atoms with Gasteiger partial charge in [0.25, 0.3) is 0 Å². The van der Waals surface area contributed by atoms with Crippen LogP contribution in [0.3, 0.4) is 0 Å². The van der Waals surface area contributed by atoms with Gasteiger partial charge >= 0.3 is 6.03 Å². The van der Waals surface area contributed by atoms with Gasteiger partial charge in [0.1, 0.15) is 17.6 Å². The molecule has 3 rings (SSSR count). The Balaban J connectivity index is 1.69. The molecule has 9 nitrogen and oxygen atoms in total. The van der Waals surface area contributed by atoms with E-state index in [-0.39, 0.29) is 12.6 Å². The fourth-order valence-electron chi connectivity index (χ4n) is 2.11. The van der Waals surface area contributed by atoms with Crippen LogP contribution in [0.25, 0.3) is 11.0 Å². The summed E-state index contributed by atoms with van der Waals surface area (Å²) >= 11 is 0. The molecular formula is C14H17N7O2. The summed E-state index contributed by atoms with van der Waals surface area (Å²) in [6, 6.07) is 5.08. The third-order valence-corrected chi connectivity index (χ3v) is 3.37. The molecule has 2 heterocycles. The number of aromatic nitrogens is 5. The zero-order chi connectivity index (χ0) is 16.2. The molecule has 120 valence electrons. The molecule has 9 heteroatoms. The SMILES string of the molecule is CCc1nnc(CN(CC)C(=O)Nc2ccc3n[nH]nc3c2)o1. The predicted octanol–water partition coefficient (Wildman–Crippen LogP) is 1.96. The van der Waals surface area contributed by atoms with Crippen molar-refractivity contribution in [2.45, 2.75) is 26.8 Å². The van der Waals surface area contributed by atoms with E-state index in [0.29, 0.717) is 36.0 Å². The van der Waals surface area contributed by atoms with Gasteiger partial charge in [-0.1, -0.05) is 6.92 Å². The fraction of sp³-hybridized carbons (Fsp3) is 0.357. The van der Waals surface area contributed by atoms with E-state index in [1.807, 2.05) is 13.8 Å². The molecule has 1 aromatic carbocycles. The number of H-pyrrole nitrogens is 1. The van der Waals surface area contributed by atoms with Crippen LogP contribution < -0.4 is 5.32 Å². The first-order valence-corrected chi connectivity index (χ1v) is 7.37. The molecule has 0 aliphatic rings. The van der Waals surface area contributed by atoms with E-state index in [2.05, 4.69) is 30.9 Å². The summed E-state index contributed by atoms with van der Waals surface area (Å²) in [5.74, 6) is 0.985. The highest BCUT2D eigenvalue weighted by atomic mass is 16.4. The number of hydrogen-bond donors (Lipinski definition) is 2. The third-order valence-electron chi connectivity index (χ3n) is 3.37. The van der Waals surface area contributed by atoms with Crippen LogP contribution >= 0.6 is 0 Å². The standard InChI is InChI=1S/C14H17N7O2/c1-3-12-18-19-13(23-12)8-21(4-2)14(22)15-9-5-6-10-11(7-9)17-20-16-10/h5-7H,3-4,8H2,1-2H3,(H,15,22)(H,16,17,20). The van der Waals surface area contributed by atoms with Crippen LogP contribution in [-0.2, 0) is 13.0 Å². The molecule has 0 atom stereocenters. The lowest BCUT2D eigenvalue weighted by atomic mass is 10.3. The van der Waals surface area contributed by atoms with Gasteiger partial charge in [-0.25, -0.2) is 4.79 Å². The number of carbonyl (C=O) groups excluding carboxylic acids is 1. The van der Waals surface area contributed by atoms with Gasteiger partial charge in [0.2, 0.25) is 11.8 Å². The van der Waals surface area contributed by atoms with Gasteiger partial charge in [-0.2, -0.15) is 15.4 Å². The van der Waals surface area contributed by atoms with E-state index in [1.165, 1.54) is 0 Å². The molecule has 0 aliphatic heterocycles. The first-order chi connectivity index (χ1) is 11.2. The number of rotatable bonds is 5. The summed E-state index contributed by atoms with van der Waals surface area (Å²) in [4.78, 5) is 14.0. The normalized spacial score (nSPS) is 10.9. The van der Waals surface area contributed by atoms with Crippen LogP contribution in [0.5, 0.6) is 0 Å². The van der Waals surface area contributed by atoms with Crippen LogP contribution in [0.15, 0.2) is 22.6 Å². The van der Waals surface area contributed by atoms with Gasteiger partial charge in [-0.3, -0.25) is 0 Å². The summed E-state index contributed by atoms with van der Waals surface area (Å²) in [6.45, 7) is 4.60. The lowest BCUT2D eigenvalue weighted by Crippen LogP contribution is -2.34. The number of fused-ring (bicyclic) bond motifs is 1. The number of urea groups is 1. The predicted molar refractivity (Wildman–Crippen MR) is 82.7 cm³/mol. The largest absolute Gasteiger partial charge is 0.423 e. The highest BCUT2D eigenvalue weighted by molar-refractivity contribution is 5.91. The van der Waals surface area contributed by atoms with E-state index in [1.54, 1.807) is 23.1 Å². The highest BCUT2D eigenvalue weighted by Crippen LogP contribution is 2.16. The number of benzene rings is 1. The van der Waals surface area contributed by atoms with Crippen molar-refractivity contribution in [2.75, 3.05) is 11.9 Å². The lowest BCUT2D eigenvalue weighted by molar-refractivity contribution is 0.205. The second-order valence-corrected chi connectivity index (χ2v) is 4.91. The molecule has 0 radical (unpaired) electrons. The van der Waals surface area contributed by atoms with E-state index in [4.69, 9.17) is 4.42 Å². The number of amides is 2. The number of anilines is 1. The summed E-state index contributed by atoms with van der Waals surface area (Å²) in [5.41, 5.74) is 2.08. The molecule has 0 aliphatic carbocycles. The number of aromatic amines is 1. The Morgan fingerprint density at radius 3 is 2.74 bits per heavy atom. The molecule has 0 unspecified atom stereocenters. The van der Waals surface area contributed by atoms with Crippen LogP contribution in [0, 0.1) is 0 Å². The summed E-state index contributed by atoms with van der Waals surface area (Å²) in [7, 11) is 0. The van der Waals surface area contributed by atoms with E-state index in [0.717, 1.165) is 5.52 Å². The van der Waals surface area contributed by atoms with Crippen molar-refractivity contribution in [1.82, 2.24) is 30.5 Å². The first kappa shape index (κ1) is 14.9. The minimum atomic E-state index is -0.244. The van der Waals surface area contributed by atoms with Gasteiger partial charge in [-0.05, 0) is 25.1 Å². The van der Waals surface area contributed by atoms with Gasteiger partial charge in [-0.15, -0.1) is 10.2 Å². The molecule has 2 amide bonds. The summed E-state index contributed by atoms with van der Waals surface area (Å²) in [5, 5.41) is 21.2. The van der Waals surface area contributed by atoms with Crippen molar-refractivity contribution in [2.24, 2.45) is 0 Å². The average molecular weight is 315 g/mol. The Bertz CT molecular complexity index is 810. The quantitative estimate of drug-likeness (QED) is 0.744. The molecule has 2 N–H and O–H groups in total. The van der Waals surface area contributed by atoms with Crippen molar-refractivity contribution < 1.29 is 9.21 Å². The maximum absolute atomic E-state index is 12.4. The molecule has 2 aromatic heterocycles. The van der Waals surface area contributed by atoms with E-state index < -0.39 is 0 Å². The molecule has 0 fully saturated rings. The Labute approximate surface area is 132 Å². The first-order valence-electron chi connectivity index (χ1n) is 7.37. The number of aryl methyl sites for hydroxylation is 1. The van der Waals surface area contributed by atoms with Crippen molar-refractivity contribution in [3.05, 3.63) is 30.0 Å². The molecule has 23 heavy (non-hydrogen) atoms. The minimum Gasteiger partial charge on any atom is -0.423 e. The van der Waals surface area contributed by atoms with E-state index in [9.17, 15) is 4.79 Å². The van der Waals surface area contributed by atoms with Crippen LogP contribution in [0.1, 0.15) is 25.6 Å². The Hall–Kier alpha value is -2.97. The number of hydrogen-bond acceptors (Lipinski definition) is 6. The van der Waals surface area contributed by atoms with Crippen molar-refractivity contribution in [1.29, 1.82) is 0 Å². The van der Waals surface area contributed by atoms with Crippen LogP contribution in [0.4, 0.5) is 10.5 Å². The van der Waals surface area contributed by atoms with Crippen molar-refractivity contribution >= 4 is 22.8 Å². The highest BCUT2D eigenvalue weighted by Gasteiger charge is 2.16. The molecule has 0 bridgehead atoms. The van der Waals surface area contributed by atoms with Gasteiger partial charge in [0.15, 0.2) is 0 Å². The molecule has 0 saturated heterocycles. The molecule has 3 aromatic rings. The van der Waals surface area contributed by atoms with E-state index >= 15 is 0 Å². The zero-order valence-electron chi connectivity index (χ0n) is 12.9. The zero-order valence-corrected chi connectivity index (χ0v) is 12.9. The summed E-state index contributed by atoms with van der Waals surface area (Å²) < 4.78 is 5.45. The summed E-state index contributed by atoms with van der Waals surface area (Å²) in [6.07, 6.45) is 0.670. The second-order valence-electron chi connectivity index (χ2n) is 4.91. The third kappa shape index (κ3) is 3.28. The molecular weight excluding hydrogens is 298 g/mol. The number of nitrogens with one attached hydrogen (secondary N) is 2. The van der Waals surface area contributed by atoms with Crippen molar-refractivity contribution in [3.8, 4) is 0 Å². The average Bonchev–Trinajstić information content (AvgIpc) is 3.20. The Morgan fingerprint density at radius 2 is 2.00 bits per heavy atom. The van der Waals surface area contributed by atoms with Crippen LogP contribution in [-0.4, -0.2) is 43.1 Å². The Kier molecular flexibility index (Phi) is 4.18. The second kappa shape index (κ2) is 6.42. The smallest absolute Gasteiger partial charge is 0.322 e. The monoisotopic (exact) mass is 315 g/mol. The maximum atomic E-state index is 12.4. The fourth-order valence-corrected chi connectivity index (χ4v) is 2.11. The van der Waals surface area contributed by atoms with Crippen molar-refractivity contribution in [3.63, 3.8) is 0 Å². The molecule has 0 spiro atoms. The van der Waals surface area contributed by atoms with Gasteiger partial charge in [0, 0.05) is 18.7 Å². The maximum Gasteiger partial charge on any atom is 0.322 e. The lowest BCUT2D eigenvalue weighted by Gasteiger charge is -2.19. The Morgan fingerprint density at radius 1 is 1.22 bits per heavy atom. The number of nitrogens with zero attached hydrogens (tertiary/aromatic N) is 5.